The maximum atomic E-state index is 13.1. The summed E-state index contributed by atoms with van der Waals surface area (Å²) in [6.45, 7) is 9.66. The van der Waals surface area contributed by atoms with Gasteiger partial charge in [0.15, 0.2) is 12.2 Å². The molecule has 0 aromatic carbocycles. The first-order valence-corrected chi connectivity index (χ1v) is 43.5. The van der Waals surface area contributed by atoms with Gasteiger partial charge in [0.1, 0.15) is 19.3 Å². The van der Waals surface area contributed by atoms with Gasteiger partial charge in [-0.05, 0) is 37.5 Å². The minimum absolute atomic E-state index is 0.108. The van der Waals surface area contributed by atoms with E-state index in [0.717, 1.165) is 102 Å². The fraction of sp³-hybridized carbons (Fsp3) is 0.949. The van der Waals surface area contributed by atoms with E-state index in [1.54, 1.807) is 0 Å². The molecule has 0 saturated carbocycles. The Labute approximate surface area is 594 Å². The maximum absolute atomic E-state index is 13.1. The summed E-state index contributed by atoms with van der Waals surface area (Å²) in [5, 5.41) is 10.6. The van der Waals surface area contributed by atoms with Crippen molar-refractivity contribution in [3.05, 3.63) is 0 Å². The standard InChI is InChI=1S/C78H152O17P2/c1-7-10-12-14-16-18-20-30-38-44-50-56-62-77(82)94-73(66-88-75(80)60-54-48-42-36-19-17-15-13-11-8-2)68-92-96(84,85)90-64-72(79)65-91-97(86,87)93-69-74(67-89-76(81)61-55-49-43-37-33-32-34-40-46-52-58-70(4)5)95-78(83)63-57-51-45-39-31-28-26-24-22-21-23-25-27-29-35-41-47-53-59-71(6)9-3/h70-74,79H,7-69H2,1-6H3,(H,84,85)(H,86,87)/t71?,72-,73+,74+/m0/s1. The Morgan fingerprint density at radius 1 is 0.299 bits per heavy atom. The van der Waals surface area contributed by atoms with E-state index in [1.807, 2.05) is 0 Å². The molecule has 0 aromatic heterocycles. The highest BCUT2D eigenvalue weighted by molar-refractivity contribution is 7.47. The number of aliphatic hydroxyl groups is 1. The second-order valence-electron chi connectivity index (χ2n) is 28.8. The summed E-state index contributed by atoms with van der Waals surface area (Å²) in [5.74, 6) is -0.483. The van der Waals surface area contributed by atoms with E-state index in [2.05, 4.69) is 41.5 Å². The molecule has 0 spiro atoms. The van der Waals surface area contributed by atoms with E-state index >= 15 is 0 Å². The third-order valence-electron chi connectivity index (χ3n) is 18.6. The Morgan fingerprint density at radius 3 is 0.784 bits per heavy atom. The molecule has 3 N–H and O–H groups in total. The molecule has 0 saturated heterocycles. The predicted octanol–water partition coefficient (Wildman–Crippen LogP) is 23.1. The lowest BCUT2D eigenvalue weighted by Gasteiger charge is -2.21. The van der Waals surface area contributed by atoms with Gasteiger partial charge in [-0.15, -0.1) is 0 Å². The highest BCUT2D eigenvalue weighted by Crippen LogP contribution is 2.45. The molecule has 6 atom stereocenters. The van der Waals surface area contributed by atoms with Crippen molar-refractivity contribution in [1.29, 1.82) is 0 Å². The number of hydrogen-bond acceptors (Lipinski definition) is 15. The molecule has 17 nitrogen and oxygen atoms in total. The SMILES string of the molecule is CCCCCCCCCCCCCCC(=O)O[C@H](COC(=O)CCCCCCCCCCCC)COP(=O)(O)OC[C@H](O)COP(=O)(O)OC[C@@H](COC(=O)CCCCCCCCCCCCC(C)C)OC(=O)CCCCCCCCCCCCCCCCCCCCC(C)CC. The van der Waals surface area contributed by atoms with Gasteiger partial charge in [0, 0.05) is 25.7 Å². The van der Waals surface area contributed by atoms with Crippen LogP contribution in [0, 0.1) is 11.8 Å². The van der Waals surface area contributed by atoms with Crippen molar-refractivity contribution in [2.24, 2.45) is 11.8 Å². The average molecular weight is 1420 g/mol. The van der Waals surface area contributed by atoms with E-state index in [9.17, 15) is 43.2 Å². The third kappa shape index (κ3) is 70.9. The van der Waals surface area contributed by atoms with Crippen molar-refractivity contribution in [1.82, 2.24) is 0 Å². The number of carbonyl (C=O) groups excluding carboxylic acids is 4. The normalized spacial score (nSPS) is 14.2. The number of phosphoric acid groups is 2. The Balaban J connectivity index is 5.19. The third-order valence-corrected chi connectivity index (χ3v) is 20.5. The second-order valence-corrected chi connectivity index (χ2v) is 31.7. The van der Waals surface area contributed by atoms with E-state index in [0.29, 0.717) is 25.7 Å². The van der Waals surface area contributed by atoms with Gasteiger partial charge in [-0.3, -0.25) is 37.3 Å². The molecule has 0 aliphatic carbocycles. The van der Waals surface area contributed by atoms with Crippen molar-refractivity contribution in [3.63, 3.8) is 0 Å². The van der Waals surface area contributed by atoms with Crippen LogP contribution in [0.15, 0.2) is 0 Å². The Hall–Kier alpha value is -1.94. The highest BCUT2D eigenvalue weighted by atomic mass is 31.2. The van der Waals surface area contributed by atoms with Gasteiger partial charge >= 0.3 is 39.5 Å². The van der Waals surface area contributed by atoms with Crippen LogP contribution in [0.1, 0.15) is 408 Å². The molecule has 0 bridgehead atoms. The lowest BCUT2D eigenvalue weighted by atomic mass is 9.99. The number of phosphoric ester groups is 2. The van der Waals surface area contributed by atoms with E-state index in [4.69, 9.17) is 37.0 Å². The minimum Gasteiger partial charge on any atom is -0.462 e. The molecule has 19 heteroatoms. The van der Waals surface area contributed by atoms with Crippen LogP contribution in [-0.2, 0) is 65.4 Å². The van der Waals surface area contributed by atoms with Crippen LogP contribution < -0.4 is 0 Å². The van der Waals surface area contributed by atoms with Crippen molar-refractivity contribution >= 4 is 39.5 Å². The number of unbranched alkanes of at least 4 members (excludes halogenated alkanes) is 46. The van der Waals surface area contributed by atoms with Gasteiger partial charge in [0.25, 0.3) is 0 Å². The largest absolute Gasteiger partial charge is 0.472 e. The summed E-state index contributed by atoms with van der Waals surface area (Å²) in [4.78, 5) is 72.8. The fourth-order valence-corrected chi connectivity index (χ4v) is 13.6. The molecule has 0 aliphatic rings. The summed E-state index contributed by atoms with van der Waals surface area (Å²) in [6, 6.07) is 0. The monoisotopic (exact) mass is 1420 g/mol. The Kier molecular flexibility index (Phi) is 68.4. The topological polar surface area (TPSA) is 237 Å². The average Bonchev–Trinajstić information content (AvgIpc) is 2.50. The zero-order valence-electron chi connectivity index (χ0n) is 63.4. The van der Waals surface area contributed by atoms with Crippen LogP contribution in [0.2, 0.25) is 0 Å². The highest BCUT2D eigenvalue weighted by Gasteiger charge is 2.30. The smallest absolute Gasteiger partial charge is 0.462 e. The molecule has 0 fully saturated rings. The molecule has 97 heavy (non-hydrogen) atoms. The van der Waals surface area contributed by atoms with Crippen molar-refractivity contribution in [2.75, 3.05) is 39.6 Å². The fourth-order valence-electron chi connectivity index (χ4n) is 12.0. The molecular weight excluding hydrogens is 1270 g/mol. The molecule has 3 unspecified atom stereocenters. The van der Waals surface area contributed by atoms with Crippen LogP contribution in [0.5, 0.6) is 0 Å². The van der Waals surface area contributed by atoms with Crippen LogP contribution in [0.25, 0.3) is 0 Å². The first-order chi connectivity index (χ1) is 46.9. The lowest BCUT2D eigenvalue weighted by Crippen LogP contribution is -2.30. The summed E-state index contributed by atoms with van der Waals surface area (Å²) in [7, 11) is -9.91. The molecule has 0 radical (unpaired) electrons. The first-order valence-electron chi connectivity index (χ1n) is 40.5. The number of rotatable bonds is 77. The molecule has 0 heterocycles. The molecule has 0 rings (SSSR count). The van der Waals surface area contributed by atoms with Gasteiger partial charge < -0.3 is 33.8 Å². The predicted molar refractivity (Wildman–Crippen MR) is 395 cm³/mol. The van der Waals surface area contributed by atoms with Gasteiger partial charge in [0.2, 0.25) is 0 Å². The van der Waals surface area contributed by atoms with Crippen LogP contribution >= 0.6 is 15.6 Å². The van der Waals surface area contributed by atoms with Crippen LogP contribution in [-0.4, -0.2) is 96.7 Å². The van der Waals surface area contributed by atoms with Gasteiger partial charge in [-0.1, -0.05) is 356 Å². The number of hydrogen-bond donors (Lipinski definition) is 3. The molecule has 576 valence electrons. The van der Waals surface area contributed by atoms with Gasteiger partial charge in [-0.2, -0.15) is 0 Å². The maximum Gasteiger partial charge on any atom is 0.472 e. The van der Waals surface area contributed by atoms with Crippen molar-refractivity contribution in [2.45, 2.75) is 426 Å². The second kappa shape index (κ2) is 69.8. The van der Waals surface area contributed by atoms with Crippen molar-refractivity contribution in [3.8, 4) is 0 Å². The van der Waals surface area contributed by atoms with E-state index in [-0.39, 0.29) is 25.7 Å². The van der Waals surface area contributed by atoms with Gasteiger partial charge in [0.05, 0.1) is 26.4 Å². The summed E-state index contributed by atoms with van der Waals surface area (Å²) < 4.78 is 68.5. The quantitative estimate of drug-likeness (QED) is 0.0222. The zero-order chi connectivity index (χ0) is 71.4. The van der Waals surface area contributed by atoms with Crippen LogP contribution in [0.3, 0.4) is 0 Å². The zero-order valence-corrected chi connectivity index (χ0v) is 65.2. The van der Waals surface area contributed by atoms with Crippen molar-refractivity contribution < 1.29 is 80.2 Å². The summed E-state index contributed by atoms with van der Waals surface area (Å²) >= 11 is 0. The number of esters is 4. The van der Waals surface area contributed by atoms with E-state index < -0.39 is 97.5 Å². The van der Waals surface area contributed by atoms with Gasteiger partial charge in [-0.25, -0.2) is 9.13 Å². The Bertz CT molecular complexity index is 1870. The first kappa shape index (κ1) is 95.1. The summed E-state index contributed by atoms with van der Waals surface area (Å²) in [5.41, 5.74) is 0. The molecular formula is C78H152O17P2. The Morgan fingerprint density at radius 2 is 0.526 bits per heavy atom. The molecule has 0 aromatic rings. The number of carbonyl (C=O) groups is 4. The van der Waals surface area contributed by atoms with Crippen LogP contribution in [0.4, 0.5) is 0 Å². The number of aliphatic hydroxyl groups excluding tert-OH is 1. The molecule has 0 aliphatic heterocycles. The van der Waals surface area contributed by atoms with E-state index in [1.165, 1.54) is 225 Å². The molecule has 0 amide bonds. The minimum atomic E-state index is -4.96. The summed E-state index contributed by atoms with van der Waals surface area (Å²) in [6.07, 6.45) is 58.2. The lowest BCUT2D eigenvalue weighted by molar-refractivity contribution is -0.161. The number of ether oxygens (including phenoxy) is 4.